The molecule has 0 saturated heterocycles. The van der Waals surface area contributed by atoms with E-state index in [1.165, 1.54) is 0 Å². The van der Waals surface area contributed by atoms with Gasteiger partial charge >= 0.3 is 0 Å². The lowest BCUT2D eigenvalue weighted by Gasteiger charge is -2.31. The molecule has 0 spiro atoms. The van der Waals surface area contributed by atoms with E-state index in [-0.39, 0.29) is 31.5 Å². The van der Waals surface area contributed by atoms with Gasteiger partial charge in [0.2, 0.25) is 5.91 Å². The smallest absolute Gasteiger partial charge is 0.261 e. The summed E-state index contributed by atoms with van der Waals surface area (Å²) in [7, 11) is 1.60. The summed E-state index contributed by atoms with van der Waals surface area (Å²) in [6.45, 7) is 0.239. The van der Waals surface area contributed by atoms with E-state index in [2.05, 4.69) is 10.3 Å². The predicted molar refractivity (Wildman–Crippen MR) is 141 cm³/mol. The van der Waals surface area contributed by atoms with Gasteiger partial charge in [-0.25, -0.2) is 0 Å². The van der Waals surface area contributed by atoms with Gasteiger partial charge in [-0.1, -0.05) is 66.7 Å². The van der Waals surface area contributed by atoms with Gasteiger partial charge < -0.3 is 19.7 Å². The molecule has 2 amide bonds. The van der Waals surface area contributed by atoms with Gasteiger partial charge in [0.05, 0.1) is 19.3 Å². The number of nitrogens with zero attached hydrogens (tertiary/aromatic N) is 2. The Labute approximate surface area is 216 Å². The van der Waals surface area contributed by atoms with Gasteiger partial charge in [0.1, 0.15) is 17.5 Å². The highest BCUT2D eigenvalue weighted by atomic mass is 16.5. The number of pyridine rings is 1. The molecule has 0 radical (unpaired) electrons. The molecule has 188 valence electrons. The third-order valence-electron chi connectivity index (χ3n) is 5.78. The number of nitrogens with one attached hydrogen (secondary N) is 1. The number of amides is 2. The normalized spacial score (nSPS) is 11.3. The molecule has 0 aliphatic heterocycles. The number of carbonyl (C=O) groups is 2. The van der Waals surface area contributed by atoms with E-state index in [9.17, 15) is 9.59 Å². The summed E-state index contributed by atoms with van der Waals surface area (Å²) in [5.41, 5.74) is 2.28. The first-order chi connectivity index (χ1) is 18.1. The summed E-state index contributed by atoms with van der Waals surface area (Å²) >= 11 is 0. The van der Waals surface area contributed by atoms with Crippen LogP contribution in [-0.2, 0) is 22.7 Å². The van der Waals surface area contributed by atoms with Crippen molar-refractivity contribution < 1.29 is 19.1 Å². The first-order valence-electron chi connectivity index (χ1n) is 12.0. The monoisotopic (exact) mass is 495 g/mol. The maximum absolute atomic E-state index is 13.6. The average Bonchev–Trinajstić information content (AvgIpc) is 2.96. The SMILES string of the molecule is COc1ccc(CN(C(=O)COc2ccccc2)[C@H](C(=O)NCc2ccccn2)c2ccccc2)cc1. The van der Waals surface area contributed by atoms with Crippen LogP contribution in [-0.4, -0.2) is 35.4 Å². The first-order valence-corrected chi connectivity index (χ1v) is 12.0. The molecule has 0 aliphatic rings. The summed E-state index contributed by atoms with van der Waals surface area (Å²) in [6, 6.07) is 30.5. The van der Waals surface area contributed by atoms with Crippen LogP contribution in [0, 0.1) is 0 Å². The molecule has 37 heavy (non-hydrogen) atoms. The van der Waals surface area contributed by atoms with Gasteiger partial charge in [0.15, 0.2) is 6.61 Å². The number of rotatable bonds is 11. The van der Waals surface area contributed by atoms with Crippen molar-refractivity contribution >= 4 is 11.8 Å². The van der Waals surface area contributed by atoms with E-state index in [4.69, 9.17) is 9.47 Å². The van der Waals surface area contributed by atoms with Gasteiger partial charge in [0.25, 0.3) is 5.91 Å². The van der Waals surface area contributed by atoms with Crippen molar-refractivity contribution in [2.75, 3.05) is 13.7 Å². The molecule has 1 atom stereocenters. The quantitative estimate of drug-likeness (QED) is 0.330. The zero-order valence-corrected chi connectivity index (χ0v) is 20.6. The number of benzene rings is 3. The number of aromatic nitrogens is 1. The number of ether oxygens (including phenoxy) is 2. The van der Waals surface area contributed by atoms with Crippen LogP contribution in [0.25, 0.3) is 0 Å². The minimum absolute atomic E-state index is 0.206. The fourth-order valence-corrected chi connectivity index (χ4v) is 3.88. The first kappa shape index (κ1) is 25.4. The van der Waals surface area contributed by atoms with Crippen LogP contribution in [0.15, 0.2) is 109 Å². The molecule has 1 N–H and O–H groups in total. The van der Waals surface area contributed by atoms with Crippen molar-refractivity contribution in [3.8, 4) is 11.5 Å². The Morgan fingerprint density at radius 3 is 2.16 bits per heavy atom. The van der Waals surface area contributed by atoms with Crippen molar-refractivity contribution in [3.63, 3.8) is 0 Å². The molecule has 7 nitrogen and oxygen atoms in total. The Balaban J connectivity index is 1.63. The summed E-state index contributed by atoms with van der Waals surface area (Å²) < 4.78 is 11.0. The largest absolute Gasteiger partial charge is 0.497 e. The van der Waals surface area contributed by atoms with Crippen LogP contribution in [0.1, 0.15) is 22.9 Å². The highest BCUT2D eigenvalue weighted by Gasteiger charge is 2.31. The third kappa shape index (κ3) is 7.18. The Kier molecular flexibility index (Phi) is 8.86. The van der Waals surface area contributed by atoms with Gasteiger partial charge in [-0.2, -0.15) is 0 Å². The molecule has 0 fully saturated rings. The molecule has 1 heterocycles. The Hall–Kier alpha value is -4.65. The molecular formula is C30H29N3O4. The predicted octanol–water partition coefficient (Wildman–Crippen LogP) is 4.56. The molecule has 4 rings (SSSR count). The zero-order chi connectivity index (χ0) is 25.9. The maximum Gasteiger partial charge on any atom is 0.261 e. The topological polar surface area (TPSA) is 80.8 Å². The number of hydrogen-bond acceptors (Lipinski definition) is 5. The lowest BCUT2D eigenvalue weighted by Crippen LogP contribution is -2.45. The summed E-state index contributed by atoms with van der Waals surface area (Å²) in [5.74, 6) is 0.665. The number of methoxy groups -OCH3 is 1. The lowest BCUT2D eigenvalue weighted by atomic mass is 10.0. The standard InChI is InChI=1S/C30H29N3O4/c1-36-26-17-15-23(16-18-26)21-33(28(34)22-37-27-13-6-3-7-14-27)29(24-10-4-2-5-11-24)30(35)32-20-25-12-8-9-19-31-25/h2-19,29H,20-22H2,1H3,(H,32,35)/t29-/m0/s1. The number of carbonyl (C=O) groups excluding carboxylic acids is 2. The second kappa shape index (κ2) is 12.9. The molecule has 0 aliphatic carbocycles. The van der Waals surface area contributed by atoms with E-state index in [1.807, 2.05) is 91.0 Å². The van der Waals surface area contributed by atoms with Crippen LogP contribution in [0.3, 0.4) is 0 Å². The van der Waals surface area contributed by atoms with Crippen molar-refractivity contribution in [1.82, 2.24) is 15.2 Å². The molecule has 0 unspecified atom stereocenters. The van der Waals surface area contributed by atoms with Gasteiger partial charge in [0, 0.05) is 12.7 Å². The molecule has 0 bridgehead atoms. The highest BCUT2D eigenvalue weighted by molar-refractivity contribution is 5.89. The fourth-order valence-electron chi connectivity index (χ4n) is 3.88. The lowest BCUT2D eigenvalue weighted by molar-refractivity contribution is -0.143. The second-order valence-electron chi connectivity index (χ2n) is 8.32. The van der Waals surface area contributed by atoms with Crippen molar-refractivity contribution in [2.45, 2.75) is 19.1 Å². The van der Waals surface area contributed by atoms with Crippen molar-refractivity contribution in [2.24, 2.45) is 0 Å². The van der Waals surface area contributed by atoms with Crippen LogP contribution in [0.5, 0.6) is 11.5 Å². The Morgan fingerprint density at radius 2 is 1.51 bits per heavy atom. The average molecular weight is 496 g/mol. The second-order valence-corrected chi connectivity index (χ2v) is 8.32. The van der Waals surface area contributed by atoms with Crippen LogP contribution in [0.2, 0.25) is 0 Å². The molecular weight excluding hydrogens is 466 g/mol. The third-order valence-corrected chi connectivity index (χ3v) is 5.78. The molecule has 3 aromatic carbocycles. The summed E-state index contributed by atoms with van der Waals surface area (Å²) in [5, 5.41) is 2.95. The molecule has 1 aromatic heterocycles. The maximum atomic E-state index is 13.6. The Bertz CT molecular complexity index is 1270. The molecule has 4 aromatic rings. The van der Waals surface area contributed by atoms with E-state index >= 15 is 0 Å². The van der Waals surface area contributed by atoms with Crippen molar-refractivity contribution in [1.29, 1.82) is 0 Å². The van der Waals surface area contributed by atoms with E-state index in [1.54, 1.807) is 30.3 Å². The Morgan fingerprint density at radius 1 is 0.838 bits per heavy atom. The zero-order valence-electron chi connectivity index (χ0n) is 20.6. The van der Waals surface area contributed by atoms with Crippen LogP contribution >= 0.6 is 0 Å². The van der Waals surface area contributed by atoms with Gasteiger partial charge in [-0.05, 0) is 47.5 Å². The summed E-state index contributed by atoms with van der Waals surface area (Å²) in [4.78, 5) is 33.1. The fraction of sp³-hybridized carbons (Fsp3) is 0.167. The van der Waals surface area contributed by atoms with Crippen LogP contribution < -0.4 is 14.8 Å². The van der Waals surface area contributed by atoms with Gasteiger partial charge in [-0.15, -0.1) is 0 Å². The number of para-hydroxylation sites is 1. The highest BCUT2D eigenvalue weighted by Crippen LogP contribution is 2.25. The number of hydrogen-bond donors (Lipinski definition) is 1. The molecule has 0 saturated carbocycles. The summed E-state index contributed by atoms with van der Waals surface area (Å²) in [6.07, 6.45) is 1.68. The van der Waals surface area contributed by atoms with Crippen LogP contribution in [0.4, 0.5) is 0 Å². The van der Waals surface area contributed by atoms with E-state index in [0.29, 0.717) is 17.1 Å². The minimum atomic E-state index is -0.876. The van der Waals surface area contributed by atoms with E-state index < -0.39 is 6.04 Å². The minimum Gasteiger partial charge on any atom is -0.497 e. The van der Waals surface area contributed by atoms with Crippen molar-refractivity contribution in [3.05, 3.63) is 126 Å². The molecule has 7 heteroatoms. The van der Waals surface area contributed by atoms with E-state index in [0.717, 1.165) is 11.3 Å². The van der Waals surface area contributed by atoms with Gasteiger partial charge in [-0.3, -0.25) is 14.6 Å².